The maximum absolute atomic E-state index is 12.5. The monoisotopic (exact) mass is 340 g/mol. The van der Waals surface area contributed by atoms with Crippen LogP contribution in [-0.4, -0.2) is 44.7 Å². The van der Waals surface area contributed by atoms with Crippen LogP contribution in [-0.2, 0) is 13.0 Å². The van der Waals surface area contributed by atoms with Gasteiger partial charge in [0.25, 0.3) is 5.91 Å². The predicted octanol–water partition coefficient (Wildman–Crippen LogP) is 2.49. The van der Waals surface area contributed by atoms with Crippen LogP contribution < -0.4 is 14.8 Å². The Balaban J connectivity index is 1.65. The number of methoxy groups -OCH3 is 2. The van der Waals surface area contributed by atoms with Crippen molar-refractivity contribution in [1.82, 2.24) is 10.2 Å². The van der Waals surface area contributed by atoms with E-state index in [0.717, 1.165) is 13.0 Å². The van der Waals surface area contributed by atoms with Crippen LogP contribution in [0.4, 0.5) is 0 Å². The molecule has 25 heavy (non-hydrogen) atoms. The average molecular weight is 340 g/mol. The van der Waals surface area contributed by atoms with Crippen LogP contribution >= 0.6 is 0 Å². The second-order valence-corrected chi connectivity index (χ2v) is 6.32. The number of hydrogen-bond acceptors (Lipinski definition) is 4. The Hall–Kier alpha value is -2.53. The first-order chi connectivity index (χ1) is 12.1. The minimum absolute atomic E-state index is 0.104. The Morgan fingerprint density at radius 1 is 1.12 bits per heavy atom. The molecule has 0 saturated carbocycles. The van der Waals surface area contributed by atoms with Gasteiger partial charge in [0.15, 0.2) is 11.5 Å². The fraction of sp³-hybridized carbons (Fsp3) is 0.350. The zero-order chi connectivity index (χ0) is 17.8. The molecule has 5 nitrogen and oxygen atoms in total. The molecule has 0 bridgehead atoms. The first kappa shape index (κ1) is 17.3. The van der Waals surface area contributed by atoms with Gasteiger partial charge < -0.3 is 14.8 Å². The molecule has 1 unspecified atom stereocenters. The third-order valence-electron chi connectivity index (χ3n) is 4.76. The summed E-state index contributed by atoms with van der Waals surface area (Å²) in [7, 11) is 5.24. The van der Waals surface area contributed by atoms with Crippen molar-refractivity contribution >= 4 is 5.91 Å². The van der Waals surface area contributed by atoms with E-state index in [4.69, 9.17) is 9.47 Å². The Kier molecular flexibility index (Phi) is 5.24. The molecule has 0 aliphatic carbocycles. The van der Waals surface area contributed by atoms with E-state index in [0.29, 0.717) is 29.6 Å². The molecule has 0 fully saturated rings. The summed E-state index contributed by atoms with van der Waals surface area (Å²) in [6.07, 6.45) is 0.943. The molecule has 2 aromatic rings. The number of fused-ring (bicyclic) bond motifs is 1. The van der Waals surface area contributed by atoms with Gasteiger partial charge >= 0.3 is 0 Å². The van der Waals surface area contributed by atoms with Crippen molar-refractivity contribution in [3.05, 3.63) is 59.2 Å². The fourth-order valence-electron chi connectivity index (χ4n) is 3.24. The molecule has 1 atom stereocenters. The summed E-state index contributed by atoms with van der Waals surface area (Å²) >= 11 is 0. The van der Waals surface area contributed by atoms with Crippen molar-refractivity contribution in [3.8, 4) is 11.5 Å². The molecule has 3 rings (SSSR count). The number of nitrogens with zero attached hydrogens (tertiary/aromatic N) is 1. The SMILES string of the molecule is COc1ccc(C(=O)NCC2Cc3ccccc3CN2C)cc1OC. The summed E-state index contributed by atoms with van der Waals surface area (Å²) in [6, 6.07) is 14.0. The number of rotatable bonds is 5. The second-order valence-electron chi connectivity index (χ2n) is 6.32. The molecule has 132 valence electrons. The summed E-state index contributed by atoms with van der Waals surface area (Å²) in [5.74, 6) is 1.06. The standard InChI is InChI=1S/C20H24N2O3/c1-22-13-16-7-5-4-6-14(16)10-17(22)12-21-20(23)15-8-9-18(24-2)19(11-15)25-3/h4-9,11,17H,10,12-13H2,1-3H3,(H,21,23). The first-order valence-electron chi connectivity index (χ1n) is 8.39. The molecule has 5 heteroatoms. The Morgan fingerprint density at radius 3 is 2.56 bits per heavy atom. The van der Waals surface area contributed by atoms with Gasteiger partial charge in [-0.05, 0) is 42.8 Å². The lowest BCUT2D eigenvalue weighted by atomic mass is 9.94. The number of likely N-dealkylation sites (N-methyl/N-ethyl adjacent to an activating group) is 1. The largest absolute Gasteiger partial charge is 0.493 e. The van der Waals surface area contributed by atoms with Crippen molar-refractivity contribution < 1.29 is 14.3 Å². The molecule has 2 aromatic carbocycles. The lowest BCUT2D eigenvalue weighted by molar-refractivity contribution is 0.0934. The van der Waals surface area contributed by atoms with E-state index in [2.05, 4.69) is 41.5 Å². The molecule has 0 spiro atoms. The van der Waals surface area contributed by atoms with Crippen molar-refractivity contribution in [2.24, 2.45) is 0 Å². The van der Waals surface area contributed by atoms with E-state index in [9.17, 15) is 4.79 Å². The van der Waals surface area contributed by atoms with E-state index in [1.165, 1.54) is 11.1 Å². The van der Waals surface area contributed by atoms with E-state index >= 15 is 0 Å². The molecule has 1 aliphatic heterocycles. The van der Waals surface area contributed by atoms with Gasteiger partial charge in [0, 0.05) is 24.7 Å². The van der Waals surface area contributed by atoms with Gasteiger partial charge in [0.2, 0.25) is 0 Å². The van der Waals surface area contributed by atoms with Crippen molar-refractivity contribution in [2.45, 2.75) is 19.0 Å². The van der Waals surface area contributed by atoms with E-state index in [-0.39, 0.29) is 5.91 Å². The molecule has 0 radical (unpaired) electrons. The quantitative estimate of drug-likeness (QED) is 0.909. The topological polar surface area (TPSA) is 50.8 Å². The number of nitrogens with one attached hydrogen (secondary N) is 1. The highest BCUT2D eigenvalue weighted by molar-refractivity contribution is 5.94. The Morgan fingerprint density at radius 2 is 1.84 bits per heavy atom. The van der Waals surface area contributed by atoms with Crippen LogP contribution in [0.5, 0.6) is 11.5 Å². The van der Waals surface area contributed by atoms with Crippen molar-refractivity contribution in [1.29, 1.82) is 0 Å². The van der Waals surface area contributed by atoms with Crippen LogP contribution in [0.15, 0.2) is 42.5 Å². The van der Waals surface area contributed by atoms with Crippen LogP contribution in [0.3, 0.4) is 0 Å². The normalized spacial score (nSPS) is 16.8. The smallest absolute Gasteiger partial charge is 0.251 e. The van der Waals surface area contributed by atoms with Crippen molar-refractivity contribution in [3.63, 3.8) is 0 Å². The molecular formula is C20H24N2O3. The van der Waals surface area contributed by atoms with E-state index in [1.54, 1.807) is 32.4 Å². The third-order valence-corrected chi connectivity index (χ3v) is 4.76. The molecule has 0 aromatic heterocycles. The number of carbonyl (C=O) groups excluding carboxylic acids is 1. The number of carbonyl (C=O) groups is 1. The molecular weight excluding hydrogens is 316 g/mol. The van der Waals surface area contributed by atoms with Crippen LogP contribution in [0.25, 0.3) is 0 Å². The third kappa shape index (κ3) is 3.77. The molecule has 1 aliphatic rings. The molecule has 1 heterocycles. The zero-order valence-electron chi connectivity index (χ0n) is 14.9. The Bertz CT molecular complexity index is 760. The van der Waals surface area contributed by atoms with Gasteiger partial charge in [0.1, 0.15) is 0 Å². The maximum atomic E-state index is 12.5. The summed E-state index contributed by atoms with van der Waals surface area (Å²) in [4.78, 5) is 14.8. The Labute approximate surface area is 148 Å². The fourth-order valence-corrected chi connectivity index (χ4v) is 3.24. The summed E-state index contributed by atoms with van der Waals surface area (Å²) in [5.41, 5.74) is 3.30. The highest BCUT2D eigenvalue weighted by atomic mass is 16.5. The second kappa shape index (κ2) is 7.57. The molecule has 0 saturated heterocycles. The van der Waals surface area contributed by atoms with Gasteiger partial charge in [-0.1, -0.05) is 24.3 Å². The highest BCUT2D eigenvalue weighted by Gasteiger charge is 2.23. The molecule has 1 amide bonds. The average Bonchev–Trinajstić information content (AvgIpc) is 2.65. The van der Waals surface area contributed by atoms with E-state index < -0.39 is 0 Å². The summed E-state index contributed by atoms with van der Waals surface area (Å²) in [6.45, 7) is 1.52. The maximum Gasteiger partial charge on any atom is 0.251 e. The number of ether oxygens (including phenoxy) is 2. The first-order valence-corrected chi connectivity index (χ1v) is 8.39. The van der Waals surface area contributed by atoms with Crippen LogP contribution in [0.2, 0.25) is 0 Å². The minimum Gasteiger partial charge on any atom is -0.493 e. The van der Waals surface area contributed by atoms with Crippen LogP contribution in [0.1, 0.15) is 21.5 Å². The summed E-state index contributed by atoms with van der Waals surface area (Å²) in [5, 5.41) is 3.04. The lowest BCUT2D eigenvalue weighted by Crippen LogP contribution is -2.45. The summed E-state index contributed by atoms with van der Waals surface area (Å²) < 4.78 is 10.5. The zero-order valence-corrected chi connectivity index (χ0v) is 14.9. The minimum atomic E-state index is -0.104. The number of amides is 1. The lowest BCUT2D eigenvalue weighted by Gasteiger charge is -2.34. The molecule has 1 N–H and O–H groups in total. The van der Waals surface area contributed by atoms with Gasteiger partial charge in [-0.2, -0.15) is 0 Å². The van der Waals surface area contributed by atoms with Gasteiger partial charge in [-0.3, -0.25) is 9.69 Å². The highest BCUT2D eigenvalue weighted by Crippen LogP contribution is 2.27. The van der Waals surface area contributed by atoms with Crippen LogP contribution in [0, 0.1) is 0 Å². The van der Waals surface area contributed by atoms with Crippen molar-refractivity contribution in [2.75, 3.05) is 27.8 Å². The van der Waals surface area contributed by atoms with Gasteiger partial charge in [-0.15, -0.1) is 0 Å². The van der Waals surface area contributed by atoms with Gasteiger partial charge in [-0.25, -0.2) is 0 Å². The van der Waals surface area contributed by atoms with E-state index in [1.807, 2.05) is 0 Å². The predicted molar refractivity (Wildman–Crippen MR) is 97.3 cm³/mol. The van der Waals surface area contributed by atoms with Gasteiger partial charge in [0.05, 0.1) is 14.2 Å². The number of hydrogen-bond donors (Lipinski definition) is 1. The number of benzene rings is 2.